The van der Waals surface area contributed by atoms with Gasteiger partial charge in [-0.1, -0.05) is 62.3 Å². The van der Waals surface area contributed by atoms with Gasteiger partial charge in [-0.3, -0.25) is 4.99 Å². The van der Waals surface area contributed by atoms with E-state index in [2.05, 4.69) is 24.6 Å². The Labute approximate surface area is 131 Å². The largest absolute Gasteiger partial charge is 0.377 e. The molecule has 0 bridgehead atoms. The van der Waals surface area contributed by atoms with Crippen molar-refractivity contribution in [2.75, 3.05) is 13.2 Å². The molecule has 0 radical (unpaired) electrons. The Morgan fingerprint density at radius 3 is 2.67 bits per heavy atom. The molecule has 0 saturated heterocycles. The standard InChI is InChI=1S/C19H31NO/c1-4-15-20-16-11-7-5-6-8-12-17-21-18-13-9-10-14-19(2)3/h9-11,13-16H,2,4-8,12,17-18H2,1,3H3/b13-9?,14-10?,16-11+,20-15?. The van der Waals surface area contributed by atoms with Crippen molar-refractivity contribution in [3.63, 3.8) is 0 Å². The SMILES string of the molecule is C=C(C)C=CC=CCOCCCCCC/C=C/N=CCC. The first-order valence-corrected chi connectivity index (χ1v) is 8.00. The van der Waals surface area contributed by atoms with Gasteiger partial charge in [0, 0.05) is 19.0 Å². The van der Waals surface area contributed by atoms with Gasteiger partial charge in [-0.25, -0.2) is 0 Å². The number of hydrogen-bond donors (Lipinski definition) is 0. The number of allylic oxidation sites excluding steroid dienone is 5. The molecule has 0 aliphatic rings. The molecule has 0 aromatic heterocycles. The van der Waals surface area contributed by atoms with Crippen molar-refractivity contribution in [3.8, 4) is 0 Å². The highest BCUT2D eigenvalue weighted by Crippen LogP contribution is 2.04. The Morgan fingerprint density at radius 2 is 1.90 bits per heavy atom. The van der Waals surface area contributed by atoms with E-state index < -0.39 is 0 Å². The smallest absolute Gasteiger partial charge is 0.0650 e. The van der Waals surface area contributed by atoms with E-state index in [0.29, 0.717) is 6.61 Å². The fourth-order valence-corrected chi connectivity index (χ4v) is 1.63. The third-order valence-electron chi connectivity index (χ3n) is 2.73. The first kappa shape index (κ1) is 19.6. The second-order valence-electron chi connectivity index (χ2n) is 5.04. The summed E-state index contributed by atoms with van der Waals surface area (Å²) in [5.41, 5.74) is 1.06. The molecule has 2 heteroatoms. The van der Waals surface area contributed by atoms with E-state index in [9.17, 15) is 0 Å². The van der Waals surface area contributed by atoms with Crippen LogP contribution in [0.2, 0.25) is 0 Å². The van der Waals surface area contributed by atoms with Gasteiger partial charge in [0.15, 0.2) is 0 Å². The molecule has 0 fully saturated rings. The molecule has 0 aromatic rings. The average molecular weight is 289 g/mol. The Balaban J connectivity index is 3.24. The zero-order chi connectivity index (χ0) is 15.6. The number of rotatable bonds is 13. The lowest BCUT2D eigenvalue weighted by atomic mass is 10.1. The van der Waals surface area contributed by atoms with E-state index in [1.165, 1.54) is 19.3 Å². The van der Waals surface area contributed by atoms with Gasteiger partial charge in [0.05, 0.1) is 6.61 Å². The Kier molecular flexibility index (Phi) is 15.5. The summed E-state index contributed by atoms with van der Waals surface area (Å²) in [5, 5.41) is 0. The van der Waals surface area contributed by atoms with Gasteiger partial charge >= 0.3 is 0 Å². The summed E-state index contributed by atoms with van der Waals surface area (Å²) in [5.74, 6) is 0. The number of nitrogens with zero attached hydrogens (tertiary/aromatic N) is 1. The topological polar surface area (TPSA) is 21.6 Å². The van der Waals surface area contributed by atoms with Crippen molar-refractivity contribution in [1.29, 1.82) is 0 Å². The molecule has 0 aliphatic heterocycles. The van der Waals surface area contributed by atoms with Crippen LogP contribution in [0.4, 0.5) is 0 Å². The van der Waals surface area contributed by atoms with Crippen LogP contribution >= 0.6 is 0 Å². The molecule has 0 rings (SSSR count). The molecule has 0 N–H and O–H groups in total. The van der Waals surface area contributed by atoms with Gasteiger partial charge < -0.3 is 4.74 Å². The van der Waals surface area contributed by atoms with Crippen LogP contribution < -0.4 is 0 Å². The van der Waals surface area contributed by atoms with Crippen LogP contribution in [-0.2, 0) is 4.74 Å². The molecular formula is C19H31NO. The van der Waals surface area contributed by atoms with Gasteiger partial charge in [-0.2, -0.15) is 0 Å². The van der Waals surface area contributed by atoms with Gasteiger partial charge in [-0.15, -0.1) is 0 Å². The first-order valence-electron chi connectivity index (χ1n) is 8.00. The zero-order valence-electron chi connectivity index (χ0n) is 13.8. The predicted octanol–water partition coefficient (Wildman–Crippen LogP) is 5.64. The molecular weight excluding hydrogens is 258 g/mol. The van der Waals surface area contributed by atoms with Crippen molar-refractivity contribution in [1.82, 2.24) is 0 Å². The second-order valence-corrected chi connectivity index (χ2v) is 5.04. The van der Waals surface area contributed by atoms with Crippen LogP contribution in [-0.4, -0.2) is 19.4 Å². The van der Waals surface area contributed by atoms with Crippen molar-refractivity contribution in [2.24, 2.45) is 4.99 Å². The maximum absolute atomic E-state index is 5.54. The van der Waals surface area contributed by atoms with E-state index in [4.69, 9.17) is 4.74 Å². The van der Waals surface area contributed by atoms with E-state index in [1.54, 1.807) is 0 Å². The third-order valence-corrected chi connectivity index (χ3v) is 2.73. The van der Waals surface area contributed by atoms with Crippen molar-refractivity contribution < 1.29 is 4.74 Å². The summed E-state index contributed by atoms with van der Waals surface area (Å²) in [4.78, 5) is 4.15. The molecule has 0 spiro atoms. The number of hydrogen-bond acceptors (Lipinski definition) is 2. The van der Waals surface area contributed by atoms with Crippen LogP contribution in [0.5, 0.6) is 0 Å². The highest BCUT2D eigenvalue weighted by molar-refractivity contribution is 5.57. The maximum atomic E-state index is 5.54. The molecule has 0 unspecified atom stereocenters. The lowest BCUT2D eigenvalue weighted by Gasteiger charge is -2.00. The van der Waals surface area contributed by atoms with Crippen LogP contribution in [0.3, 0.4) is 0 Å². The molecule has 21 heavy (non-hydrogen) atoms. The van der Waals surface area contributed by atoms with Gasteiger partial charge in [0.1, 0.15) is 0 Å². The molecule has 0 amide bonds. The van der Waals surface area contributed by atoms with Crippen LogP contribution in [0, 0.1) is 0 Å². The van der Waals surface area contributed by atoms with Crippen molar-refractivity contribution in [2.45, 2.75) is 52.4 Å². The van der Waals surface area contributed by atoms with Gasteiger partial charge in [0.25, 0.3) is 0 Å². The minimum atomic E-state index is 0.693. The molecule has 0 atom stereocenters. The summed E-state index contributed by atoms with van der Waals surface area (Å²) >= 11 is 0. The molecule has 0 aromatic carbocycles. The minimum Gasteiger partial charge on any atom is -0.377 e. The normalized spacial score (nSPS) is 12.5. The lowest BCUT2D eigenvalue weighted by Crippen LogP contribution is -1.94. The zero-order valence-corrected chi connectivity index (χ0v) is 13.8. The predicted molar refractivity (Wildman–Crippen MR) is 94.9 cm³/mol. The highest BCUT2D eigenvalue weighted by Gasteiger charge is 1.89. The van der Waals surface area contributed by atoms with Crippen molar-refractivity contribution >= 4 is 6.21 Å². The summed E-state index contributed by atoms with van der Waals surface area (Å²) in [6, 6.07) is 0. The Hall–Kier alpha value is -1.41. The first-order chi connectivity index (χ1) is 10.3. The number of aliphatic imine (C=N–C) groups is 1. The fraction of sp³-hybridized carbons (Fsp3) is 0.526. The molecule has 0 saturated carbocycles. The van der Waals surface area contributed by atoms with E-state index in [1.807, 2.05) is 43.6 Å². The minimum absolute atomic E-state index is 0.693. The van der Waals surface area contributed by atoms with Crippen LogP contribution in [0.1, 0.15) is 52.4 Å². The second kappa shape index (κ2) is 16.6. The van der Waals surface area contributed by atoms with Gasteiger partial charge in [-0.05, 0) is 32.6 Å². The molecule has 118 valence electrons. The van der Waals surface area contributed by atoms with Crippen LogP contribution in [0.15, 0.2) is 53.7 Å². The van der Waals surface area contributed by atoms with Crippen LogP contribution in [0.25, 0.3) is 0 Å². The Morgan fingerprint density at radius 1 is 1.10 bits per heavy atom. The van der Waals surface area contributed by atoms with E-state index >= 15 is 0 Å². The average Bonchev–Trinajstić information content (AvgIpc) is 2.46. The Bertz CT molecular complexity index is 351. The van der Waals surface area contributed by atoms with Crippen molar-refractivity contribution in [3.05, 3.63) is 48.7 Å². The highest BCUT2D eigenvalue weighted by atomic mass is 16.5. The van der Waals surface area contributed by atoms with Gasteiger partial charge in [0.2, 0.25) is 0 Å². The maximum Gasteiger partial charge on any atom is 0.0650 e. The fourth-order valence-electron chi connectivity index (χ4n) is 1.63. The summed E-state index contributed by atoms with van der Waals surface area (Å²) in [6.07, 6.45) is 21.0. The van der Waals surface area contributed by atoms with E-state index in [0.717, 1.165) is 31.4 Å². The van der Waals surface area contributed by atoms with E-state index in [-0.39, 0.29) is 0 Å². The molecule has 2 nitrogen and oxygen atoms in total. The molecule has 0 heterocycles. The monoisotopic (exact) mass is 289 g/mol. The summed E-state index contributed by atoms with van der Waals surface area (Å²) in [6.45, 7) is 9.42. The number of unbranched alkanes of at least 4 members (excludes halogenated alkanes) is 4. The summed E-state index contributed by atoms with van der Waals surface area (Å²) in [7, 11) is 0. The molecule has 0 aliphatic carbocycles. The lowest BCUT2D eigenvalue weighted by molar-refractivity contribution is 0.157. The summed E-state index contributed by atoms with van der Waals surface area (Å²) < 4.78 is 5.54. The third kappa shape index (κ3) is 18.6. The quantitative estimate of drug-likeness (QED) is 0.244. The number of ether oxygens (including phenoxy) is 1.